The number of carbonyl (C=O) groups is 1. The van der Waals surface area contributed by atoms with Gasteiger partial charge in [0, 0.05) is 6.04 Å². The van der Waals surface area contributed by atoms with Gasteiger partial charge in [0.25, 0.3) is 0 Å². The van der Waals surface area contributed by atoms with E-state index in [1.165, 1.54) is 17.4 Å². The molecule has 1 aromatic heterocycles. The topological polar surface area (TPSA) is 84.7 Å². The molecule has 2 fully saturated rings. The molecule has 1 saturated carbocycles. The summed E-state index contributed by atoms with van der Waals surface area (Å²) in [6, 6.07) is 0.315. The summed E-state index contributed by atoms with van der Waals surface area (Å²) in [5.41, 5.74) is 0. The van der Waals surface area contributed by atoms with Crippen LogP contribution in [-0.2, 0) is 11.3 Å². The highest BCUT2D eigenvalue weighted by atomic mass is 16.2. The summed E-state index contributed by atoms with van der Waals surface area (Å²) in [4.78, 5) is 11.8. The smallest absolute Gasteiger partial charge is 0.242 e. The van der Waals surface area contributed by atoms with E-state index in [0.29, 0.717) is 6.04 Å². The fourth-order valence-electron chi connectivity index (χ4n) is 3.10. The van der Waals surface area contributed by atoms with E-state index >= 15 is 0 Å². The van der Waals surface area contributed by atoms with Gasteiger partial charge in [-0.15, -0.1) is 5.10 Å². The standard InChI is InChI=1S/C11H18N6O/c18-11(6-17-7-13-15-16-17)14-10-2-1-8-4-12-5-9(8)3-10/h7-10,12H,1-6H2,(H,14,18)/t8-,9+,10?/m0/s1. The third-order valence-electron chi connectivity index (χ3n) is 4.02. The maximum Gasteiger partial charge on any atom is 0.242 e. The van der Waals surface area contributed by atoms with E-state index in [2.05, 4.69) is 26.2 Å². The highest BCUT2D eigenvalue weighted by Crippen LogP contribution is 2.32. The first kappa shape index (κ1) is 11.6. The molecule has 2 N–H and O–H groups in total. The minimum atomic E-state index is -0.00305. The van der Waals surface area contributed by atoms with Gasteiger partial charge in [0.15, 0.2) is 0 Å². The van der Waals surface area contributed by atoms with E-state index < -0.39 is 0 Å². The molecule has 98 valence electrons. The second kappa shape index (κ2) is 5.01. The van der Waals surface area contributed by atoms with Gasteiger partial charge in [-0.05, 0) is 54.6 Å². The van der Waals surface area contributed by atoms with Crippen LogP contribution in [0.25, 0.3) is 0 Å². The Bertz CT molecular complexity index is 406. The molecule has 1 aliphatic carbocycles. The molecule has 1 amide bonds. The third-order valence-corrected chi connectivity index (χ3v) is 4.02. The molecule has 3 rings (SSSR count). The highest BCUT2D eigenvalue weighted by molar-refractivity contribution is 5.75. The summed E-state index contributed by atoms with van der Waals surface area (Å²) in [6.45, 7) is 2.45. The Labute approximate surface area is 105 Å². The molecule has 7 nitrogen and oxygen atoms in total. The van der Waals surface area contributed by atoms with Crippen LogP contribution in [0.3, 0.4) is 0 Å². The van der Waals surface area contributed by atoms with Crippen molar-refractivity contribution >= 4 is 5.91 Å². The van der Waals surface area contributed by atoms with Crippen molar-refractivity contribution < 1.29 is 4.79 Å². The van der Waals surface area contributed by atoms with Gasteiger partial charge in [0.1, 0.15) is 12.9 Å². The summed E-state index contributed by atoms with van der Waals surface area (Å²) >= 11 is 0. The molecule has 1 saturated heterocycles. The van der Waals surface area contributed by atoms with Gasteiger partial charge in [-0.1, -0.05) is 0 Å². The van der Waals surface area contributed by atoms with Crippen LogP contribution in [0.1, 0.15) is 19.3 Å². The van der Waals surface area contributed by atoms with Crippen LogP contribution in [-0.4, -0.2) is 45.2 Å². The Morgan fingerprint density at radius 1 is 1.39 bits per heavy atom. The van der Waals surface area contributed by atoms with Crippen LogP contribution in [0.15, 0.2) is 6.33 Å². The Balaban J connectivity index is 1.49. The van der Waals surface area contributed by atoms with Crippen LogP contribution >= 0.6 is 0 Å². The number of tetrazole rings is 1. The van der Waals surface area contributed by atoms with Crippen LogP contribution in [0.4, 0.5) is 0 Å². The second-order valence-electron chi connectivity index (χ2n) is 5.26. The number of carbonyl (C=O) groups excluding carboxylic acids is 1. The van der Waals surface area contributed by atoms with Crippen molar-refractivity contribution in [1.29, 1.82) is 0 Å². The minimum Gasteiger partial charge on any atom is -0.352 e. The molecule has 1 aliphatic heterocycles. The largest absolute Gasteiger partial charge is 0.352 e. The average Bonchev–Trinajstić information content (AvgIpc) is 2.98. The minimum absolute atomic E-state index is 0.00305. The monoisotopic (exact) mass is 250 g/mol. The van der Waals surface area contributed by atoms with Gasteiger partial charge in [-0.2, -0.15) is 0 Å². The van der Waals surface area contributed by atoms with E-state index in [-0.39, 0.29) is 12.5 Å². The molecule has 0 spiro atoms. The average molecular weight is 250 g/mol. The molecule has 2 aliphatic rings. The van der Waals surface area contributed by atoms with Crippen LogP contribution < -0.4 is 10.6 Å². The molecule has 0 radical (unpaired) electrons. The number of hydrogen-bond acceptors (Lipinski definition) is 5. The van der Waals surface area contributed by atoms with Crippen LogP contribution in [0, 0.1) is 11.8 Å². The van der Waals surface area contributed by atoms with Gasteiger partial charge in [0.05, 0.1) is 0 Å². The Morgan fingerprint density at radius 2 is 2.28 bits per heavy atom. The van der Waals surface area contributed by atoms with Crippen molar-refractivity contribution in [3.05, 3.63) is 6.33 Å². The van der Waals surface area contributed by atoms with Crippen molar-refractivity contribution in [2.75, 3.05) is 13.1 Å². The molecule has 1 aromatic rings. The lowest BCUT2D eigenvalue weighted by atomic mass is 9.79. The van der Waals surface area contributed by atoms with E-state index in [1.807, 2.05) is 0 Å². The maximum absolute atomic E-state index is 11.8. The van der Waals surface area contributed by atoms with Gasteiger partial charge in [-0.25, -0.2) is 4.68 Å². The fraction of sp³-hybridized carbons (Fsp3) is 0.818. The van der Waals surface area contributed by atoms with Gasteiger partial charge in [0.2, 0.25) is 5.91 Å². The van der Waals surface area contributed by atoms with Crippen molar-refractivity contribution in [3.63, 3.8) is 0 Å². The summed E-state index contributed by atoms with van der Waals surface area (Å²) in [5.74, 6) is 1.55. The predicted octanol–water partition coefficient (Wildman–Crippen LogP) is -0.823. The number of nitrogens with zero attached hydrogens (tertiary/aromatic N) is 4. The van der Waals surface area contributed by atoms with Crippen molar-refractivity contribution in [1.82, 2.24) is 30.8 Å². The lowest BCUT2D eigenvalue weighted by Gasteiger charge is -2.31. The zero-order valence-corrected chi connectivity index (χ0v) is 10.2. The summed E-state index contributed by atoms with van der Waals surface area (Å²) in [5, 5.41) is 17.2. The van der Waals surface area contributed by atoms with Gasteiger partial charge in [-0.3, -0.25) is 4.79 Å². The predicted molar refractivity (Wildman–Crippen MR) is 63.4 cm³/mol. The molecule has 0 bridgehead atoms. The quantitative estimate of drug-likeness (QED) is 0.732. The van der Waals surface area contributed by atoms with Crippen LogP contribution in [0.2, 0.25) is 0 Å². The molecule has 18 heavy (non-hydrogen) atoms. The summed E-state index contributed by atoms with van der Waals surface area (Å²) < 4.78 is 1.44. The van der Waals surface area contributed by atoms with E-state index in [4.69, 9.17) is 0 Å². The van der Waals surface area contributed by atoms with Crippen LogP contribution in [0.5, 0.6) is 0 Å². The zero-order valence-electron chi connectivity index (χ0n) is 10.2. The molecule has 3 atom stereocenters. The first-order valence-electron chi connectivity index (χ1n) is 6.52. The Hall–Kier alpha value is -1.50. The first-order chi connectivity index (χ1) is 8.81. The molecular formula is C11H18N6O. The molecule has 1 unspecified atom stereocenters. The Morgan fingerprint density at radius 3 is 3.11 bits per heavy atom. The highest BCUT2D eigenvalue weighted by Gasteiger charge is 2.34. The number of aromatic nitrogens is 4. The lowest BCUT2D eigenvalue weighted by Crippen LogP contribution is -2.42. The fourth-order valence-corrected chi connectivity index (χ4v) is 3.10. The SMILES string of the molecule is O=C(Cn1cnnn1)NC1CC[C@H]2CNC[C@H]2C1. The normalized spacial score (nSPS) is 31.0. The summed E-state index contributed by atoms with van der Waals surface area (Å²) in [6.07, 6.45) is 4.86. The number of nitrogens with one attached hydrogen (secondary N) is 2. The maximum atomic E-state index is 11.8. The van der Waals surface area contributed by atoms with E-state index in [0.717, 1.165) is 37.8 Å². The van der Waals surface area contributed by atoms with Crippen molar-refractivity contribution in [2.45, 2.75) is 31.8 Å². The van der Waals surface area contributed by atoms with Crippen molar-refractivity contribution in [2.24, 2.45) is 11.8 Å². The first-order valence-corrected chi connectivity index (χ1v) is 6.52. The zero-order chi connectivity index (χ0) is 12.4. The molecule has 7 heteroatoms. The number of amides is 1. The number of hydrogen-bond donors (Lipinski definition) is 2. The van der Waals surface area contributed by atoms with Crippen molar-refractivity contribution in [3.8, 4) is 0 Å². The number of rotatable bonds is 3. The van der Waals surface area contributed by atoms with Gasteiger partial charge >= 0.3 is 0 Å². The summed E-state index contributed by atoms with van der Waals surface area (Å²) in [7, 11) is 0. The third kappa shape index (κ3) is 2.50. The second-order valence-corrected chi connectivity index (χ2v) is 5.26. The molecule has 0 aromatic carbocycles. The number of fused-ring (bicyclic) bond motifs is 1. The van der Waals surface area contributed by atoms with Gasteiger partial charge < -0.3 is 10.6 Å². The molecule has 2 heterocycles. The van der Waals surface area contributed by atoms with E-state index in [9.17, 15) is 4.79 Å². The van der Waals surface area contributed by atoms with E-state index in [1.54, 1.807) is 0 Å². The molecular weight excluding hydrogens is 232 g/mol. The lowest BCUT2D eigenvalue weighted by molar-refractivity contribution is -0.122. The Kier molecular flexibility index (Phi) is 3.22.